The highest BCUT2D eigenvalue weighted by Crippen LogP contribution is 2.29. The second-order valence-electron chi connectivity index (χ2n) is 6.83. The Labute approximate surface area is 222 Å². The number of nitro groups is 1. The van der Waals surface area contributed by atoms with Gasteiger partial charge in [0.1, 0.15) is 23.9 Å². The van der Waals surface area contributed by atoms with Crippen LogP contribution >= 0.6 is 45.2 Å². The van der Waals surface area contributed by atoms with Crippen molar-refractivity contribution in [3.63, 3.8) is 0 Å². The van der Waals surface area contributed by atoms with Crippen LogP contribution in [0.2, 0.25) is 0 Å². The number of nitrogens with one attached hydrogen (secondary N) is 1. The van der Waals surface area contributed by atoms with E-state index in [0.29, 0.717) is 22.8 Å². The third-order valence-corrected chi connectivity index (χ3v) is 6.15. The Kier molecular flexibility index (Phi) is 9.04. The van der Waals surface area contributed by atoms with E-state index in [9.17, 15) is 14.9 Å². The number of rotatable bonds is 9. The molecule has 34 heavy (non-hydrogen) atoms. The Morgan fingerprint density at radius 3 is 2.15 bits per heavy atom. The molecule has 0 aromatic heterocycles. The van der Waals surface area contributed by atoms with Crippen molar-refractivity contribution in [1.82, 2.24) is 5.43 Å². The van der Waals surface area contributed by atoms with Crippen molar-refractivity contribution in [2.45, 2.75) is 6.61 Å². The third-order valence-electron chi connectivity index (χ3n) is 4.54. The van der Waals surface area contributed by atoms with E-state index in [1.165, 1.54) is 26.4 Å². The predicted molar refractivity (Wildman–Crippen MR) is 144 cm³/mol. The molecule has 176 valence electrons. The quantitative estimate of drug-likeness (QED) is 0.144. The first-order valence-corrected chi connectivity index (χ1v) is 11.9. The molecule has 1 N–H and O–H groups in total. The number of methoxy groups -OCH3 is 2. The summed E-state index contributed by atoms with van der Waals surface area (Å²) in [6, 6.07) is 14.8. The Hall–Kier alpha value is -2.94. The van der Waals surface area contributed by atoms with E-state index in [-0.39, 0.29) is 12.3 Å². The number of carbonyl (C=O) groups is 1. The van der Waals surface area contributed by atoms with Gasteiger partial charge in [0.15, 0.2) is 0 Å². The Balaban J connectivity index is 1.65. The molecule has 0 fully saturated rings. The van der Waals surface area contributed by atoms with Crippen LogP contribution < -0.4 is 19.6 Å². The molecule has 0 atom stereocenters. The molecule has 0 spiro atoms. The normalized spacial score (nSPS) is 10.7. The van der Waals surface area contributed by atoms with Crippen molar-refractivity contribution in [3.8, 4) is 17.2 Å². The van der Waals surface area contributed by atoms with Gasteiger partial charge in [-0.05, 0) is 92.7 Å². The summed E-state index contributed by atoms with van der Waals surface area (Å²) >= 11 is 4.32. The number of hydrogen-bond acceptors (Lipinski definition) is 7. The molecule has 0 unspecified atom stereocenters. The smallest absolute Gasteiger partial charge is 0.271 e. The lowest BCUT2D eigenvalue weighted by Crippen LogP contribution is -2.17. The first-order chi connectivity index (χ1) is 16.3. The van der Waals surface area contributed by atoms with Crippen LogP contribution in [0.5, 0.6) is 17.2 Å². The number of ether oxygens (including phenoxy) is 3. The first kappa shape index (κ1) is 25.7. The molecule has 0 aliphatic rings. The van der Waals surface area contributed by atoms with Crippen LogP contribution in [0.3, 0.4) is 0 Å². The number of hydrazone groups is 1. The standard InChI is InChI=1S/C23H19I2N3O6/c1-32-18-9-16(10-19(11-18)33-2)23(29)27-26-12-15-7-20(24)22(21(25)8-15)34-13-14-3-5-17(6-4-14)28(30)31/h3-12H,13H2,1-2H3,(H,27,29)/b26-12-. The first-order valence-electron chi connectivity index (χ1n) is 9.72. The molecule has 9 nitrogen and oxygen atoms in total. The van der Waals surface area contributed by atoms with E-state index in [0.717, 1.165) is 18.3 Å². The summed E-state index contributed by atoms with van der Waals surface area (Å²) in [6.07, 6.45) is 1.54. The second kappa shape index (κ2) is 12.0. The van der Waals surface area contributed by atoms with Crippen molar-refractivity contribution < 1.29 is 23.9 Å². The maximum absolute atomic E-state index is 12.4. The van der Waals surface area contributed by atoms with Gasteiger partial charge in [0, 0.05) is 23.8 Å². The average Bonchev–Trinajstić information content (AvgIpc) is 2.83. The lowest BCUT2D eigenvalue weighted by molar-refractivity contribution is -0.384. The van der Waals surface area contributed by atoms with Gasteiger partial charge >= 0.3 is 0 Å². The molecule has 0 heterocycles. The minimum atomic E-state index is -0.438. The lowest BCUT2D eigenvalue weighted by atomic mass is 10.2. The zero-order valence-electron chi connectivity index (χ0n) is 18.1. The monoisotopic (exact) mass is 687 g/mol. The fraction of sp³-hybridized carbons (Fsp3) is 0.130. The molecule has 0 saturated heterocycles. The van der Waals surface area contributed by atoms with Gasteiger partial charge in [-0.25, -0.2) is 5.43 Å². The maximum atomic E-state index is 12.4. The summed E-state index contributed by atoms with van der Waals surface area (Å²) in [6.45, 7) is 0.275. The van der Waals surface area contributed by atoms with E-state index in [4.69, 9.17) is 14.2 Å². The van der Waals surface area contributed by atoms with Gasteiger partial charge in [-0.3, -0.25) is 14.9 Å². The molecule has 0 radical (unpaired) electrons. The number of nitrogens with zero attached hydrogens (tertiary/aromatic N) is 2. The van der Waals surface area contributed by atoms with Gasteiger partial charge in [-0.1, -0.05) is 0 Å². The number of benzene rings is 3. The molecule has 11 heteroatoms. The summed E-state index contributed by atoms with van der Waals surface area (Å²) in [4.78, 5) is 22.8. The van der Waals surface area contributed by atoms with Crippen LogP contribution in [-0.4, -0.2) is 31.3 Å². The third kappa shape index (κ3) is 6.79. The number of non-ortho nitro benzene ring substituents is 1. The molecule has 3 aromatic rings. The van der Waals surface area contributed by atoms with Crippen molar-refractivity contribution in [3.05, 3.63) is 88.5 Å². The SMILES string of the molecule is COc1cc(OC)cc(C(=O)N/N=C\c2cc(I)c(OCc3ccc([N+](=O)[O-])cc3)c(I)c2)c1. The highest BCUT2D eigenvalue weighted by atomic mass is 127. The molecule has 3 rings (SSSR count). The van der Waals surface area contributed by atoms with Crippen molar-refractivity contribution >= 4 is 63.0 Å². The highest BCUT2D eigenvalue weighted by molar-refractivity contribution is 14.1. The van der Waals surface area contributed by atoms with E-state index in [1.807, 2.05) is 12.1 Å². The van der Waals surface area contributed by atoms with Crippen LogP contribution in [-0.2, 0) is 6.61 Å². The molecule has 0 aliphatic heterocycles. The second-order valence-corrected chi connectivity index (χ2v) is 9.15. The summed E-state index contributed by atoms with van der Waals surface area (Å²) in [5.74, 6) is 1.30. The number of nitro benzene ring substituents is 1. The maximum Gasteiger partial charge on any atom is 0.271 e. The summed E-state index contributed by atoms with van der Waals surface area (Å²) in [7, 11) is 3.02. The molecule has 0 aliphatic carbocycles. The number of hydrogen-bond donors (Lipinski definition) is 1. The van der Waals surface area contributed by atoms with Gasteiger partial charge in [-0.2, -0.15) is 5.10 Å². The van der Waals surface area contributed by atoms with Crippen LogP contribution in [0.4, 0.5) is 5.69 Å². The van der Waals surface area contributed by atoms with E-state index < -0.39 is 10.8 Å². The fourth-order valence-electron chi connectivity index (χ4n) is 2.83. The van der Waals surface area contributed by atoms with Gasteiger partial charge in [0.05, 0.1) is 32.5 Å². The number of halogens is 2. The Morgan fingerprint density at radius 2 is 1.62 bits per heavy atom. The van der Waals surface area contributed by atoms with Gasteiger partial charge in [-0.15, -0.1) is 0 Å². The van der Waals surface area contributed by atoms with Gasteiger partial charge < -0.3 is 14.2 Å². The average molecular weight is 687 g/mol. The molecule has 3 aromatic carbocycles. The minimum absolute atomic E-state index is 0.0363. The topological polar surface area (TPSA) is 112 Å². The Morgan fingerprint density at radius 1 is 1.03 bits per heavy atom. The lowest BCUT2D eigenvalue weighted by Gasteiger charge is -2.11. The predicted octanol–water partition coefficient (Wildman–Crippen LogP) is 5.16. The van der Waals surface area contributed by atoms with Crippen LogP contribution in [0.15, 0.2) is 59.7 Å². The fourth-order valence-corrected chi connectivity index (χ4v) is 4.96. The van der Waals surface area contributed by atoms with E-state index in [1.54, 1.807) is 36.5 Å². The Bertz CT molecular complexity index is 1190. The van der Waals surface area contributed by atoms with Crippen molar-refractivity contribution in [2.75, 3.05) is 14.2 Å². The summed E-state index contributed by atoms with van der Waals surface area (Å²) in [5.41, 5.74) is 4.49. The van der Waals surface area contributed by atoms with Crippen LogP contribution in [0.25, 0.3) is 0 Å². The van der Waals surface area contributed by atoms with Gasteiger partial charge in [0.25, 0.3) is 11.6 Å². The van der Waals surface area contributed by atoms with E-state index >= 15 is 0 Å². The number of carbonyl (C=O) groups excluding carboxylic acids is 1. The zero-order chi connectivity index (χ0) is 24.7. The van der Waals surface area contributed by atoms with E-state index in [2.05, 4.69) is 55.7 Å². The van der Waals surface area contributed by atoms with Gasteiger partial charge in [0.2, 0.25) is 0 Å². The van der Waals surface area contributed by atoms with Crippen molar-refractivity contribution in [2.24, 2.45) is 5.10 Å². The molecular formula is C23H19I2N3O6. The molecule has 0 saturated carbocycles. The minimum Gasteiger partial charge on any atom is -0.497 e. The summed E-state index contributed by atoms with van der Waals surface area (Å²) < 4.78 is 18.0. The molecule has 1 amide bonds. The summed E-state index contributed by atoms with van der Waals surface area (Å²) in [5, 5.41) is 14.8. The van der Waals surface area contributed by atoms with Crippen molar-refractivity contribution in [1.29, 1.82) is 0 Å². The molecular weight excluding hydrogens is 668 g/mol. The largest absolute Gasteiger partial charge is 0.497 e. The number of amides is 1. The highest BCUT2D eigenvalue weighted by Gasteiger charge is 2.11. The molecule has 0 bridgehead atoms. The van der Waals surface area contributed by atoms with Crippen LogP contribution in [0.1, 0.15) is 21.5 Å². The zero-order valence-corrected chi connectivity index (χ0v) is 22.4. The van der Waals surface area contributed by atoms with Crippen LogP contribution in [0, 0.1) is 17.3 Å².